The number of aliphatic carboxylic acids is 1. The molecule has 1 N–H and O–H groups in total. The summed E-state index contributed by atoms with van der Waals surface area (Å²) in [5, 5.41) is 14.8. The first kappa shape index (κ1) is 24.1. The number of rotatable bonds is 7. The second-order valence-electron chi connectivity index (χ2n) is 7.52. The SMILES string of the molecule is CC(C)(COc1ncc(-c2ccc(Nc3nc4cccc(F)c4s3)cc2)cn1)C(=O)[O-].[Na+]. The van der Waals surface area contributed by atoms with E-state index in [1.807, 2.05) is 24.3 Å². The van der Waals surface area contributed by atoms with E-state index in [9.17, 15) is 14.3 Å². The zero-order valence-corrected chi connectivity index (χ0v) is 20.6. The Hall–Kier alpha value is -2.59. The second-order valence-corrected chi connectivity index (χ2v) is 8.52. The quantitative estimate of drug-likeness (QED) is 0.407. The molecule has 0 aliphatic carbocycles. The van der Waals surface area contributed by atoms with E-state index in [4.69, 9.17) is 4.74 Å². The second kappa shape index (κ2) is 9.91. The monoisotopic (exact) mass is 460 g/mol. The Labute approximate surface area is 210 Å². The molecule has 0 fully saturated rings. The van der Waals surface area contributed by atoms with E-state index >= 15 is 0 Å². The number of nitrogens with zero attached hydrogens (tertiary/aromatic N) is 3. The molecule has 0 atom stereocenters. The van der Waals surface area contributed by atoms with E-state index in [1.54, 1.807) is 24.5 Å². The standard InChI is InChI=1S/C22H19FN4O3S.Na/c1-22(2,19(28)29)12-30-20-24-10-14(11-25-20)13-6-8-15(9-7-13)26-21-27-17-5-3-4-16(23)18(17)31-21;/h3-11H,12H2,1-2H3,(H,26,27)(H,28,29);/q;+1/p-1. The van der Waals surface area contributed by atoms with Gasteiger partial charge in [-0.05, 0) is 29.8 Å². The van der Waals surface area contributed by atoms with Crippen molar-refractivity contribution in [2.75, 3.05) is 11.9 Å². The Bertz CT molecular complexity index is 1230. The number of aromatic nitrogens is 3. The van der Waals surface area contributed by atoms with Crippen LogP contribution >= 0.6 is 11.3 Å². The molecular formula is C22H18FN4NaO3S. The number of fused-ring (bicyclic) bond motifs is 1. The number of ether oxygens (including phenoxy) is 1. The van der Waals surface area contributed by atoms with E-state index in [0.29, 0.717) is 15.3 Å². The Kier molecular flexibility index (Phi) is 7.45. The molecule has 2 heterocycles. The van der Waals surface area contributed by atoms with Crippen LogP contribution in [0.1, 0.15) is 13.8 Å². The third kappa shape index (κ3) is 5.42. The molecule has 2 aromatic carbocycles. The zero-order valence-electron chi connectivity index (χ0n) is 17.8. The Morgan fingerprint density at radius 1 is 1.12 bits per heavy atom. The molecule has 4 rings (SSSR count). The largest absolute Gasteiger partial charge is 1.00 e. The molecule has 0 aliphatic heterocycles. The third-order valence-corrected chi connectivity index (χ3v) is 5.57. The number of anilines is 2. The number of carboxylic acids is 1. The predicted octanol–water partition coefficient (Wildman–Crippen LogP) is 0.795. The van der Waals surface area contributed by atoms with Gasteiger partial charge in [0.25, 0.3) is 0 Å². The van der Waals surface area contributed by atoms with Crippen molar-refractivity contribution < 1.29 is 48.6 Å². The van der Waals surface area contributed by atoms with E-state index in [1.165, 1.54) is 31.3 Å². The van der Waals surface area contributed by atoms with Crippen molar-refractivity contribution in [3.05, 3.63) is 60.7 Å². The molecule has 2 aromatic heterocycles. The van der Waals surface area contributed by atoms with Gasteiger partial charge in [0.2, 0.25) is 0 Å². The van der Waals surface area contributed by atoms with Crippen LogP contribution in [-0.2, 0) is 4.79 Å². The summed E-state index contributed by atoms with van der Waals surface area (Å²) in [6, 6.07) is 12.5. The fourth-order valence-corrected chi connectivity index (χ4v) is 3.57. The van der Waals surface area contributed by atoms with Crippen LogP contribution in [0, 0.1) is 11.2 Å². The summed E-state index contributed by atoms with van der Waals surface area (Å²) in [5.41, 5.74) is 1.96. The molecule has 0 spiro atoms. The van der Waals surface area contributed by atoms with Gasteiger partial charge >= 0.3 is 35.6 Å². The number of carbonyl (C=O) groups is 1. The van der Waals surface area contributed by atoms with Crippen molar-refractivity contribution in [1.29, 1.82) is 0 Å². The topological polar surface area (TPSA) is 100 Å². The molecular weight excluding hydrogens is 442 g/mol. The van der Waals surface area contributed by atoms with Gasteiger partial charge in [-0.3, -0.25) is 0 Å². The predicted molar refractivity (Wildman–Crippen MR) is 115 cm³/mol. The van der Waals surface area contributed by atoms with Gasteiger partial charge in [-0.25, -0.2) is 19.3 Å². The average Bonchev–Trinajstić information content (AvgIpc) is 3.17. The van der Waals surface area contributed by atoms with Crippen molar-refractivity contribution in [3.63, 3.8) is 0 Å². The fourth-order valence-electron chi connectivity index (χ4n) is 2.68. The van der Waals surface area contributed by atoms with Gasteiger partial charge in [0.1, 0.15) is 12.4 Å². The van der Waals surface area contributed by atoms with Crippen LogP contribution < -0.4 is 44.7 Å². The molecule has 0 bridgehead atoms. The van der Waals surface area contributed by atoms with E-state index < -0.39 is 11.4 Å². The van der Waals surface area contributed by atoms with Crippen LogP contribution in [0.15, 0.2) is 54.9 Å². The van der Waals surface area contributed by atoms with Gasteiger partial charge in [-0.15, -0.1) is 0 Å². The van der Waals surface area contributed by atoms with Crippen LogP contribution in [0.25, 0.3) is 21.3 Å². The van der Waals surface area contributed by atoms with Gasteiger partial charge < -0.3 is 20.0 Å². The minimum Gasteiger partial charge on any atom is -0.549 e. The third-order valence-electron chi connectivity index (χ3n) is 4.58. The van der Waals surface area contributed by atoms with Crippen LogP contribution in [-0.4, -0.2) is 27.5 Å². The van der Waals surface area contributed by atoms with Crippen LogP contribution in [0.3, 0.4) is 0 Å². The molecule has 0 saturated carbocycles. The average molecular weight is 460 g/mol. The smallest absolute Gasteiger partial charge is 0.549 e. The molecule has 0 amide bonds. The van der Waals surface area contributed by atoms with Crippen LogP contribution in [0.4, 0.5) is 15.2 Å². The maximum Gasteiger partial charge on any atom is 1.00 e. The Balaban J connectivity index is 0.00000289. The number of nitrogens with one attached hydrogen (secondary N) is 1. The number of halogens is 1. The van der Waals surface area contributed by atoms with Gasteiger partial charge in [0.15, 0.2) is 5.13 Å². The summed E-state index contributed by atoms with van der Waals surface area (Å²) in [4.78, 5) is 23.7. The minimum atomic E-state index is -1.20. The van der Waals surface area contributed by atoms with Gasteiger partial charge in [-0.2, -0.15) is 0 Å². The summed E-state index contributed by atoms with van der Waals surface area (Å²) < 4.78 is 19.7. The first-order chi connectivity index (χ1) is 14.8. The van der Waals surface area contributed by atoms with Gasteiger partial charge in [0.05, 0.1) is 16.2 Å². The number of hydrogen-bond donors (Lipinski definition) is 1. The summed E-state index contributed by atoms with van der Waals surface area (Å²) in [7, 11) is 0. The van der Waals surface area contributed by atoms with Crippen LogP contribution in [0.2, 0.25) is 0 Å². The molecule has 0 radical (unpaired) electrons. The van der Waals surface area contributed by atoms with Gasteiger partial charge in [-0.1, -0.05) is 43.4 Å². The van der Waals surface area contributed by atoms with Crippen molar-refractivity contribution in [2.24, 2.45) is 5.41 Å². The number of carboxylic acid groups (broad SMARTS) is 1. The Morgan fingerprint density at radius 3 is 2.44 bits per heavy atom. The summed E-state index contributed by atoms with van der Waals surface area (Å²) in [5.74, 6) is -1.48. The minimum absolute atomic E-state index is 0. The summed E-state index contributed by atoms with van der Waals surface area (Å²) >= 11 is 1.26. The molecule has 7 nitrogen and oxygen atoms in total. The molecule has 0 saturated heterocycles. The summed E-state index contributed by atoms with van der Waals surface area (Å²) in [6.07, 6.45) is 3.21. The number of hydrogen-bond acceptors (Lipinski definition) is 8. The number of thiazole rings is 1. The molecule has 10 heteroatoms. The van der Waals surface area contributed by atoms with E-state index in [2.05, 4.69) is 20.3 Å². The van der Waals surface area contributed by atoms with Crippen LogP contribution in [0.5, 0.6) is 6.01 Å². The zero-order chi connectivity index (χ0) is 22.0. The molecule has 32 heavy (non-hydrogen) atoms. The van der Waals surface area contributed by atoms with Crippen molar-refractivity contribution in [1.82, 2.24) is 15.0 Å². The maximum absolute atomic E-state index is 13.8. The van der Waals surface area contributed by atoms with Crippen molar-refractivity contribution in [3.8, 4) is 17.1 Å². The maximum atomic E-state index is 13.8. The molecule has 158 valence electrons. The normalized spacial score (nSPS) is 11.1. The van der Waals surface area contributed by atoms with Gasteiger partial charge in [0, 0.05) is 29.1 Å². The van der Waals surface area contributed by atoms with E-state index in [0.717, 1.165) is 16.8 Å². The Morgan fingerprint density at radius 2 is 1.81 bits per heavy atom. The molecule has 4 aromatic rings. The molecule has 0 aliphatic rings. The van der Waals surface area contributed by atoms with E-state index in [-0.39, 0.29) is 48.0 Å². The first-order valence-corrected chi connectivity index (χ1v) is 10.2. The number of carbonyl (C=O) groups excluding carboxylic acids is 1. The fraction of sp³-hybridized carbons (Fsp3) is 0.182. The summed E-state index contributed by atoms with van der Waals surface area (Å²) in [6.45, 7) is 2.93. The molecule has 0 unspecified atom stereocenters. The first-order valence-electron chi connectivity index (χ1n) is 9.41. The number of benzene rings is 2. The van der Waals surface area contributed by atoms with Crippen molar-refractivity contribution in [2.45, 2.75) is 13.8 Å². The van der Waals surface area contributed by atoms with Crippen molar-refractivity contribution >= 4 is 38.3 Å².